The Labute approximate surface area is 186 Å². The van der Waals surface area contributed by atoms with E-state index in [1.54, 1.807) is 0 Å². The lowest BCUT2D eigenvalue weighted by Crippen LogP contribution is -2.27. The fraction of sp³-hybridized carbons (Fsp3) is 0.250. The van der Waals surface area contributed by atoms with E-state index in [0.29, 0.717) is 0 Å². The molecule has 0 unspecified atom stereocenters. The zero-order valence-corrected chi connectivity index (χ0v) is 19.3. The van der Waals surface area contributed by atoms with Crippen molar-refractivity contribution in [3.63, 3.8) is 0 Å². The minimum absolute atomic E-state index is 0.273. The standard InChI is InChI=1S/C28H31N2O/c1-28(2)18-17-22-19-23(11-16-26(22)31-28)27(20-7-12-24(13-8-20)29(3)4)21-9-14-25(15-10-21)30(5)6/h7-19H,1-6H3/q+1. The maximum Gasteiger partial charge on any atom is 0.199 e. The van der Waals surface area contributed by atoms with Crippen LogP contribution in [-0.2, 0) is 0 Å². The number of ether oxygens (including phenoxy) is 1. The third-order valence-corrected chi connectivity index (χ3v) is 5.68. The van der Waals surface area contributed by atoms with Gasteiger partial charge in [0, 0.05) is 37.5 Å². The first-order chi connectivity index (χ1) is 14.7. The SMILES string of the molecule is CN(C)c1ccc(C(=C2C=CC(=[N+](C)C)C=C2)c2ccc3c(c2)C=CC(C)(C)O3)cc1. The van der Waals surface area contributed by atoms with Crippen LogP contribution in [0.15, 0.2) is 78.4 Å². The number of rotatable bonds is 3. The van der Waals surface area contributed by atoms with Crippen molar-refractivity contribution < 1.29 is 9.31 Å². The normalized spacial score (nSPS) is 16.1. The molecule has 0 saturated carbocycles. The molecule has 4 rings (SSSR count). The van der Waals surface area contributed by atoms with E-state index in [4.69, 9.17) is 4.74 Å². The van der Waals surface area contributed by atoms with Crippen LogP contribution in [0, 0.1) is 0 Å². The van der Waals surface area contributed by atoms with Crippen LogP contribution in [0.2, 0.25) is 0 Å². The Hall–Kier alpha value is -3.33. The number of anilines is 1. The van der Waals surface area contributed by atoms with Crippen molar-refractivity contribution in [1.82, 2.24) is 0 Å². The number of allylic oxidation sites excluding steroid dienone is 5. The fourth-order valence-corrected chi connectivity index (χ4v) is 3.89. The van der Waals surface area contributed by atoms with Crippen LogP contribution in [0.3, 0.4) is 0 Å². The molecule has 3 nitrogen and oxygen atoms in total. The summed E-state index contributed by atoms with van der Waals surface area (Å²) >= 11 is 0. The van der Waals surface area contributed by atoms with Crippen molar-refractivity contribution in [3.05, 3.63) is 95.1 Å². The molecule has 0 atom stereocenters. The quantitative estimate of drug-likeness (QED) is 0.613. The first kappa shape index (κ1) is 20.9. The van der Waals surface area contributed by atoms with E-state index in [-0.39, 0.29) is 5.60 Å². The molecule has 1 aliphatic heterocycles. The highest BCUT2D eigenvalue weighted by Crippen LogP contribution is 2.36. The van der Waals surface area contributed by atoms with Gasteiger partial charge in [0.05, 0.1) is 0 Å². The monoisotopic (exact) mass is 411 g/mol. The highest BCUT2D eigenvalue weighted by Gasteiger charge is 2.22. The van der Waals surface area contributed by atoms with Gasteiger partial charge in [-0.1, -0.05) is 24.3 Å². The van der Waals surface area contributed by atoms with Crippen molar-refractivity contribution in [1.29, 1.82) is 0 Å². The molecule has 0 amide bonds. The molecule has 0 radical (unpaired) electrons. The Balaban J connectivity index is 1.85. The first-order valence-corrected chi connectivity index (χ1v) is 10.7. The molecule has 0 spiro atoms. The van der Waals surface area contributed by atoms with E-state index in [2.05, 4.69) is 130 Å². The molecule has 3 heteroatoms. The topological polar surface area (TPSA) is 15.5 Å². The summed E-state index contributed by atoms with van der Waals surface area (Å²) in [6, 6.07) is 15.3. The second-order valence-electron chi connectivity index (χ2n) is 9.05. The lowest BCUT2D eigenvalue weighted by atomic mass is 9.89. The Morgan fingerprint density at radius 2 is 1.48 bits per heavy atom. The summed E-state index contributed by atoms with van der Waals surface area (Å²) in [6.07, 6.45) is 13.1. The maximum atomic E-state index is 6.14. The lowest BCUT2D eigenvalue weighted by molar-refractivity contribution is -0.462. The molecule has 2 aromatic rings. The largest absolute Gasteiger partial charge is 0.483 e. The summed E-state index contributed by atoms with van der Waals surface area (Å²) in [5, 5.41) is 0. The second kappa shape index (κ2) is 8.07. The van der Waals surface area contributed by atoms with Gasteiger partial charge in [0.1, 0.15) is 25.4 Å². The summed E-state index contributed by atoms with van der Waals surface area (Å²) < 4.78 is 8.27. The van der Waals surface area contributed by atoms with Crippen molar-refractivity contribution in [2.45, 2.75) is 19.4 Å². The number of nitrogens with zero attached hydrogens (tertiary/aromatic N) is 2. The van der Waals surface area contributed by atoms with Gasteiger partial charge >= 0.3 is 0 Å². The maximum absolute atomic E-state index is 6.14. The molecule has 0 N–H and O–H groups in total. The van der Waals surface area contributed by atoms with Gasteiger partial charge < -0.3 is 9.64 Å². The van der Waals surface area contributed by atoms with Crippen LogP contribution in [0.5, 0.6) is 5.75 Å². The van der Waals surface area contributed by atoms with Crippen LogP contribution in [0.4, 0.5) is 5.69 Å². The van der Waals surface area contributed by atoms with Gasteiger partial charge in [0.2, 0.25) is 0 Å². The van der Waals surface area contributed by atoms with Gasteiger partial charge in [-0.05, 0) is 78.6 Å². The smallest absolute Gasteiger partial charge is 0.199 e. The van der Waals surface area contributed by atoms with Gasteiger partial charge in [-0.15, -0.1) is 0 Å². The van der Waals surface area contributed by atoms with Gasteiger partial charge in [-0.2, -0.15) is 0 Å². The number of hydrogen-bond donors (Lipinski definition) is 0. The molecular formula is C28H31N2O+. The van der Waals surface area contributed by atoms with Gasteiger partial charge in [-0.25, -0.2) is 4.58 Å². The Morgan fingerprint density at radius 1 is 0.839 bits per heavy atom. The minimum atomic E-state index is -0.273. The van der Waals surface area contributed by atoms with Crippen molar-refractivity contribution in [3.8, 4) is 5.75 Å². The lowest BCUT2D eigenvalue weighted by Gasteiger charge is -2.28. The van der Waals surface area contributed by atoms with Crippen LogP contribution in [0.25, 0.3) is 11.6 Å². The van der Waals surface area contributed by atoms with E-state index in [1.165, 1.54) is 33.7 Å². The number of hydrogen-bond acceptors (Lipinski definition) is 2. The average Bonchev–Trinajstić information content (AvgIpc) is 2.74. The van der Waals surface area contributed by atoms with Crippen LogP contribution >= 0.6 is 0 Å². The van der Waals surface area contributed by atoms with E-state index in [9.17, 15) is 0 Å². The molecule has 1 heterocycles. The molecule has 0 fully saturated rings. The minimum Gasteiger partial charge on any atom is -0.483 e. The molecule has 2 aliphatic rings. The predicted molar refractivity (Wildman–Crippen MR) is 132 cm³/mol. The summed E-state index contributed by atoms with van der Waals surface area (Å²) in [4.78, 5) is 2.12. The molecule has 31 heavy (non-hydrogen) atoms. The third kappa shape index (κ3) is 4.41. The molecule has 158 valence electrons. The summed E-state index contributed by atoms with van der Waals surface area (Å²) in [7, 11) is 8.27. The second-order valence-corrected chi connectivity index (χ2v) is 9.05. The van der Waals surface area contributed by atoms with E-state index >= 15 is 0 Å². The van der Waals surface area contributed by atoms with Crippen LogP contribution < -0.4 is 9.64 Å². The molecule has 1 aliphatic carbocycles. The predicted octanol–water partition coefficient (Wildman–Crippen LogP) is 5.58. The fourth-order valence-electron chi connectivity index (χ4n) is 3.89. The highest BCUT2D eigenvalue weighted by atomic mass is 16.5. The molecule has 0 bridgehead atoms. The first-order valence-electron chi connectivity index (χ1n) is 10.7. The van der Waals surface area contributed by atoms with Crippen LogP contribution in [-0.4, -0.2) is 44.1 Å². The van der Waals surface area contributed by atoms with E-state index in [0.717, 1.165) is 11.3 Å². The Kier molecular flexibility index (Phi) is 5.45. The average molecular weight is 412 g/mol. The summed E-state index contributed by atoms with van der Waals surface area (Å²) in [6.45, 7) is 4.16. The summed E-state index contributed by atoms with van der Waals surface area (Å²) in [5.41, 5.74) is 8.02. The van der Waals surface area contributed by atoms with Gasteiger partial charge in [0.25, 0.3) is 0 Å². The zero-order chi connectivity index (χ0) is 22.2. The van der Waals surface area contributed by atoms with Crippen molar-refractivity contribution in [2.24, 2.45) is 0 Å². The molecule has 0 saturated heterocycles. The van der Waals surface area contributed by atoms with Gasteiger partial charge in [0.15, 0.2) is 5.71 Å². The van der Waals surface area contributed by atoms with Crippen LogP contribution in [0.1, 0.15) is 30.5 Å². The van der Waals surface area contributed by atoms with Crippen molar-refractivity contribution >= 4 is 23.0 Å². The highest BCUT2D eigenvalue weighted by molar-refractivity contribution is 6.04. The number of benzene rings is 2. The molecule has 2 aromatic carbocycles. The van der Waals surface area contributed by atoms with E-state index < -0.39 is 0 Å². The summed E-state index contributed by atoms with van der Waals surface area (Å²) in [5.74, 6) is 0.932. The Bertz CT molecular complexity index is 1130. The van der Waals surface area contributed by atoms with E-state index in [1.807, 2.05) is 0 Å². The number of fused-ring (bicyclic) bond motifs is 1. The van der Waals surface area contributed by atoms with Gasteiger partial charge in [-0.3, -0.25) is 0 Å². The zero-order valence-electron chi connectivity index (χ0n) is 19.3. The molecular weight excluding hydrogens is 380 g/mol. The Morgan fingerprint density at radius 3 is 2.10 bits per heavy atom. The molecule has 0 aromatic heterocycles. The third-order valence-electron chi connectivity index (χ3n) is 5.68. The van der Waals surface area contributed by atoms with Crippen molar-refractivity contribution in [2.75, 3.05) is 33.1 Å².